The summed E-state index contributed by atoms with van der Waals surface area (Å²) in [6.07, 6.45) is 7.48. The highest BCUT2D eigenvalue weighted by molar-refractivity contribution is 5.77. The zero-order chi connectivity index (χ0) is 22.3. The molecular formula is C25H40O5. The molecule has 3 aliphatic rings. The molecule has 3 rings (SSSR count). The van der Waals surface area contributed by atoms with E-state index in [4.69, 9.17) is 9.47 Å². The van der Waals surface area contributed by atoms with Crippen molar-refractivity contribution in [2.45, 2.75) is 85.2 Å². The molecular weight excluding hydrogens is 380 g/mol. The van der Waals surface area contributed by atoms with E-state index in [-0.39, 0.29) is 41.5 Å². The Labute approximate surface area is 181 Å². The van der Waals surface area contributed by atoms with Gasteiger partial charge in [-0.2, -0.15) is 0 Å². The number of carbonyl (C=O) groups is 2. The van der Waals surface area contributed by atoms with Gasteiger partial charge in [-0.05, 0) is 69.1 Å². The number of carbonyl (C=O) groups excluding carboxylic acids is 2. The van der Waals surface area contributed by atoms with Crippen molar-refractivity contribution in [1.82, 2.24) is 0 Å². The maximum absolute atomic E-state index is 12.9. The molecule has 30 heavy (non-hydrogen) atoms. The van der Waals surface area contributed by atoms with Crippen molar-refractivity contribution in [3.63, 3.8) is 0 Å². The number of esters is 2. The quantitative estimate of drug-likeness (QED) is 0.517. The molecule has 0 aromatic heterocycles. The van der Waals surface area contributed by atoms with Crippen LogP contribution in [0.2, 0.25) is 0 Å². The van der Waals surface area contributed by atoms with E-state index >= 15 is 0 Å². The summed E-state index contributed by atoms with van der Waals surface area (Å²) in [6, 6.07) is 0. The van der Waals surface area contributed by atoms with Crippen molar-refractivity contribution in [2.75, 3.05) is 13.7 Å². The summed E-state index contributed by atoms with van der Waals surface area (Å²) in [5.41, 5.74) is -0.538. The molecule has 2 saturated carbocycles. The molecule has 6 atom stereocenters. The minimum absolute atomic E-state index is 0.0201. The van der Waals surface area contributed by atoms with Crippen molar-refractivity contribution >= 4 is 11.9 Å². The lowest BCUT2D eigenvalue weighted by atomic mass is 9.41. The van der Waals surface area contributed by atoms with E-state index in [0.717, 1.165) is 32.1 Å². The summed E-state index contributed by atoms with van der Waals surface area (Å²) in [7, 11) is 1.45. The molecule has 0 amide bonds. The fourth-order valence-corrected chi connectivity index (χ4v) is 7.12. The van der Waals surface area contributed by atoms with Crippen LogP contribution in [0.5, 0.6) is 0 Å². The monoisotopic (exact) mass is 420 g/mol. The topological polar surface area (TPSA) is 72.8 Å². The van der Waals surface area contributed by atoms with Crippen molar-refractivity contribution in [2.24, 2.45) is 34.5 Å². The summed E-state index contributed by atoms with van der Waals surface area (Å²) >= 11 is 0. The second kappa shape index (κ2) is 8.29. The third-order valence-corrected chi connectivity index (χ3v) is 8.72. The SMILES string of the molecule is CCOC(=O)C[C@@]1(O)CC2[C@](C)(CCC[C@@]2(C)C(=O)OC)C2CCC(C(C)C)=C[C@@H]21. The molecule has 0 aromatic carbocycles. The Kier molecular flexibility index (Phi) is 6.44. The average molecular weight is 421 g/mol. The highest BCUT2D eigenvalue weighted by atomic mass is 16.5. The summed E-state index contributed by atoms with van der Waals surface area (Å²) in [5.74, 6) is 0.000218. The van der Waals surface area contributed by atoms with Crippen molar-refractivity contribution in [3.8, 4) is 0 Å². The molecule has 5 heteroatoms. The minimum Gasteiger partial charge on any atom is -0.469 e. The molecule has 170 valence electrons. The van der Waals surface area contributed by atoms with E-state index in [2.05, 4.69) is 26.8 Å². The predicted octanol–water partition coefficient (Wildman–Crippen LogP) is 4.67. The van der Waals surface area contributed by atoms with Crippen LogP contribution < -0.4 is 0 Å². The van der Waals surface area contributed by atoms with Crippen LogP contribution in [0.25, 0.3) is 0 Å². The molecule has 0 saturated heterocycles. The lowest BCUT2D eigenvalue weighted by Gasteiger charge is -2.63. The van der Waals surface area contributed by atoms with Crippen LogP contribution in [0.1, 0.15) is 79.6 Å². The molecule has 2 unspecified atom stereocenters. The molecule has 5 nitrogen and oxygen atoms in total. The van der Waals surface area contributed by atoms with Gasteiger partial charge in [0.2, 0.25) is 0 Å². The molecule has 3 aliphatic carbocycles. The zero-order valence-corrected chi connectivity index (χ0v) is 19.6. The summed E-state index contributed by atoms with van der Waals surface area (Å²) in [4.78, 5) is 25.4. The van der Waals surface area contributed by atoms with Crippen molar-refractivity contribution < 1.29 is 24.2 Å². The number of methoxy groups -OCH3 is 1. The van der Waals surface area contributed by atoms with E-state index in [1.165, 1.54) is 12.7 Å². The lowest BCUT2D eigenvalue weighted by Crippen LogP contribution is -2.63. The fourth-order valence-electron chi connectivity index (χ4n) is 7.12. The average Bonchev–Trinajstić information content (AvgIpc) is 2.69. The molecule has 1 N–H and O–H groups in total. The highest BCUT2D eigenvalue weighted by Crippen LogP contribution is 2.66. The Morgan fingerprint density at radius 2 is 1.97 bits per heavy atom. The van der Waals surface area contributed by atoms with Crippen LogP contribution in [0, 0.1) is 34.5 Å². The van der Waals surface area contributed by atoms with Gasteiger partial charge in [0.05, 0.1) is 31.2 Å². The van der Waals surface area contributed by atoms with Crippen LogP contribution in [0.3, 0.4) is 0 Å². The van der Waals surface area contributed by atoms with E-state index in [1.807, 2.05) is 6.92 Å². The first-order valence-electron chi connectivity index (χ1n) is 11.7. The number of rotatable bonds is 5. The second-order valence-electron chi connectivity index (χ2n) is 10.7. The normalized spacial score (nSPS) is 40.8. The van der Waals surface area contributed by atoms with Gasteiger partial charge in [-0.1, -0.05) is 38.8 Å². The van der Waals surface area contributed by atoms with E-state index in [0.29, 0.717) is 18.9 Å². The molecule has 2 fully saturated rings. The number of hydrogen-bond acceptors (Lipinski definition) is 5. The molecule has 0 aromatic rings. The number of hydrogen-bond donors (Lipinski definition) is 1. The maximum Gasteiger partial charge on any atom is 0.311 e. The van der Waals surface area contributed by atoms with Crippen LogP contribution >= 0.6 is 0 Å². The Bertz CT molecular complexity index is 712. The van der Waals surface area contributed by atoms with E-state index in [9.17, 15) is 14.7 Å². The van der Waals surface area contributed by atoms with Gasteiger partial charge in [-0.3, -0.25) is 9.59 Å². The van der Waals surface area contributed by atoms with Crippen LogP contribution in [-0.2, 0) is 19.1 Å². The van der Waals surface area contributed by atoms with Gasteiger partial charge in [-0.25, -0.2) is 0 Å². The van der Waals surface area contributed by atoms with E-state index < -0.39 is 11.0 Å². The third-order valence-electron chi connectivity index (χ3n) is 8.72. The summed E-state index contributed by atoms with van der Waals surface area (Å²) in [5, 5.41) is 12.0. The fraction of sp³-hybridized carbons (Fsp3) is 0.840. The first-order chi connectivity index (χ1) is 14.0. The third kappa shape index (κ3) is 3.72. The molecule has 0 spiro atoms. The Morgan fingerprint density at radius 3 is 2.57 bits per heavy atom. The van der Waals surface area contributed by atoms with Gasteiger partial charge in [0.1, 0.15) is 0 Å². The Balaban J connectivity index is 2.08. The van der Waals surface area contributed by atoms with E-state index in [1.54, 1.807) is 6.92 Å². The molecule has 0 aliphatic heterocycles. The van der Waals surface area contributed by atoms with Gasteiger partial charge in [-0.15, -0.1) is 0 Å². The van der Waals surface area contributed by atoms with Gasteiger partial charge in [0.15, 0.2) is 0 Å². The lowest BCUT2D eigenvalue weighted by molar-refractivity contribution is -0.205. The second-order valence-corrected chi connectivity index (χ2v) is 10.7. The van der Waals surface area contributed by atoms with Crippen LogP contribution in [0.4, 0.5) is 0 Å². The van der Waals surface area contributed by atoms with Crippen molar-refractivity contribution in [3.05, 3.63) is 11.6 Å². The Hall–Kier alpha value is -1.36. The predicted molar refractivity (Wildman–Crippen MR) is 116 cm³/mol. The van der Waals surface area contributed by atoms with Gasteiger partial charge < -0.3 is 14.6 Å². The number of ether oxygens (including phenoxy) is 2. The zero-order valence-electron chi connectivity index (χ0n) is 19.6. The number of fused-ring (bicyclic) bond motifs is 3. The van der Waals surface area contributed by atoms with Gasteiger partial charge in [0, 0.05) is 5.92 Å². The van der Waals surface area contributed by atoms with Crippen LogP contribution in [-0.4, -0.2) is 36.4 Å². The van der Waals surface area contributed by atoms with Gasteiger partial charge >= 0.3 is 11.9 Å². The highest BCUT2D eigenvalue weighted by Gasteiger charge is 2.65. The van der Waals surface area contributed by atoms with Gasteiger partial charge in [0.25, 0.3) is 0 Å². The smallest absolute Gasteiger partial charge is 0.311 e. The molecule has 0 bridgehead atoms. The minimum atomic E-state index is -1.20. The molecule has 0 radical (unpaired) electrons. The standard InChI is InChI=1S/C25H40O5/c1-7-30-21(26)15-25(28)14-20-23(4,11-8-12-24(20,5)22(27)29-6)18-10-9-17(16(2)3)13-19(18)25/h13,16,18-20,28H,7-12,14-15H2,1-6H3/t18?,19-,20?,23+,24+,25-/m0/s1. The molecule has 0 heterocycles. The first kappa shape index (κ1) is 23.3. The summed E-state index contributed by atoms with van der Waals surface area (Å²) in [6.45, 7) is 10.8. The van der Waals surface area contributed by atoms with Crippen LogP contribution in [0.15, 0.2) is 11.6 Å². The van der Waals surface area contributed by atoms with Crippen molar-refractivity contribution in [1.29, 1.82) is 0 Å². The Morgan fingerprint density at radius 1 is 1.27 bits per heavy atom. The largest absolute Gasteiger partial charge is 0.469 e. The first-order valence-corrected chi connectivity index (χ1v) is 11.7. The number of allylic oxidation sites excluding steroid dienone is 1. The summed E-state index contributed by atoms with van der Waals surface area (Å²) < 4.78 is 10.5. The maximum atomic E-state index is 12.9. The number of aliphatic hydroxyl groups is 1.